The van der Waals surface area contributed by atoms with Gasteiger partial charge in [-0.2, -0.15) is 0 Å². The number of ether oxygens (including phenoxy) is 2. The smallest absolute Gasteiger partial charge is 0.264 e. The molecule has 4 rings (SSSR count). The standard InChI is InChI=1S/C24H24N2O5S/c1-17-8-10-20(12-18(17)2)26(32(28,29)21-6-4-3-5-7-21)15-24(27)25-14-19-9-11-22-23(13-19)31-16-30-22/h3-13H,14-16H2,1-2H3,(H,25,27). The molecule has 1 aliphatic heterocycles. The number of rotatable bonds is 7. The van der Waals surface area contributed by atoms with Crippen LogP contribution in [-0.4, -0.2) is 27.7 Å². The summed E-state index contributed by atoms with van der Waals surface area (Å²) in [7, 11) is -3.93. The van der Waals surface area contributed by atoms with Crippen LogP contribution in [0.2, 0.25) is 0 Å². The number of sulfonamides is 1. The minimum absolute atomic E-state index is 0.127. The summed E-state index contributed by atoms with van der Waals surface area (Å²) >= 11 is 0. The number of carbonyl (C=O) groups excluding carboxylic acids is 1. The Morgan fingerprint density at radius 1 is 0.938 bits per heavy atom. The molecule has 0 saturated carbocycles. The maximum atomic E-state index is 13.4. The predicted molar refractivity (Wildman–Crippen MR) is 121 cm³/mol. The summed E-state index contributed by atoms with van der Waals surface area (Å²) in [6.07, 6.45) is 0. The predicted octanol–water partition coefficient (Wildman–Crippen LogP) is 3.54. The first kappa shape index (κ1) is 21.7. The largest absolute Gasteiger partial charge is 0.454 e. The van der Waals surface area contributed by atoms with Crippen molar-refractivity contribution in [3.8, 4) is 11.5 Å². The van der Waals surface area contributed by atoms with E-state index in [1.807, 2.05) is 26.0 Å². The minimum atomic E-state index is -3.93. The van der Waals surface area contributed by atoms with Crippen molar-refractivity contribution in [2.24, 2.45) is 0 Å². The summed E-state index contributed by atoms with van der Waals surface area (Å²) in [5.41, 5.74) is 3.25. The Bertz CT molecular complexity index is 1240. The number of carbonyl (C=O) groups is 1. The van der Waals surface area contributed by atoms with Gasteiger partial charge < -0.3 is 14.8 Å². The van der Waals surface area contributed by atoms with Gasteiger partial charge in [0.2, 0.25) is 12.7 Å². The van der Waals surface area contributed by atoms with E-state index in [4.69, 9.17) is 9.47 Å². The number of nitrogens with one attached hydrogen (secondary N) is 1. The van der Waals surface area contributed by atoms with E-state index in [1.165, 1.54) is 12.1 Å². The van der Waals surface area contributed by atoms with Gasteiger partial charge >= 0.3 is 0 Å². The SMILES string of the molecule is Cc1ccc(N(CC(=O)NCc2ccc3c(c2)OCO3)S(=O)(=O)c2ccccc2)cc1C. The van der Waals surface area contributed by atoms with Gasteiger partial charge in [-0.1, -0.05) is 30.3 Å². The van der Waals surface area contributed by atoms with Gasteiger partial charge in [0.15, 0.2) is 11.5 Å². The Morgan fingerprint density at radius 2 is 1.69 bits per heavy atom. The van der Waals surface area contributed by atoms with Gasteiger partial charge in [0, 0.05) is 6.54 Å². The quantitative estimate of drug-likeness (QED) is 0.593. The molecule has 1 heterocycles. The molecule has 32 heavy (non-hydrogen) atoms. The number of benzene rings is 3. The Kier molecular flexibility index (Phi) is 6.05. The molecule has 1 N–H and O–H groups in total. The molecule has 0 aromatic heterocycles. The number of hydrogen-bond donors (Lipinski definition) is 1. The van der Waals surface area contributed by atoms with Crippen molar-refractivity contribution < 1.29 is 22.7 Å². The lowest BCUT2D eigenvalue weighted by Gasteiger charge is -2.25. The average molecular weight is 453 g/mol. The van der Waals surface area contributed by atoms with Crippen LogP contribution >= 0.6 is 0 Å². The topological polar surface area (TPSA) is 84.9 Å². The Balaban J connectivity index is 1.56. The van der Waals surface area contributed by atoms with Crippen LogP contribution in [0.15, 0.2) is 71.6 Å². The second-order valence-electron chi connectivity index (χ2n) is 7.56. The van der Waals surface area contributed by atoms with Crippen molar-refractivity contribution in [2.45, 2.75) is 25.3 Å². The highest BCUT2D eigenvalue weighted by Gasteiger charge is 2.27. The van der Waals surface area contributed by atoms with Crippen LogP contribution in [0, 0.1) is 13.8 Å². The zero-order valence-electron chi connectivity index (χ0n) is 17.9. The molecule has 0 aliphatic carbocycles. The molecular weight excluding hydrogens is 428 g/mol. The number of fused-ring (bicyclic) bond motifs is 1. The fourth-order valence-electron chi connectivity index (χ4n) is 3.35. The third-order valence-electron chi connectivity index (χ3n) is 5.32. The van der Waals surface area contributed by atoms with Gasteiger partial charge in [-0.05, 0) is 66.9 Å². The zero-order chi connectivity index (χ0) is 22.7. The van der Waals surface area contributed by atoms with Crippen molar-refractivity contribution >= 4 is 21.6 Å². The highest BCUT2D eigenvalue weighted by molar-refractivity contribution is 7.92. The van der Waals surface area contributed by atoms with Gasteiger partial charge in [0.05, 0.1) is 10.6 Å². The van der Waals surface area contributed by atoms with E-state index < -0.39 is 15.9 Å². The molecule has 3 aromatic carbocycles. The molecule has 1 amide bonds. The van der Waals surface area contributed by atoms with Crippen LogP contribution in [0.25, 0.3) is 0 Å². The molecule has 0 saturated heterocycles. The third kappa shape index (κ3) is 4.55. The number of nitrogens with zero attached hydrogens (tertiary/aromatic N) is 1. The monoisotopic (exact) mass is 452 g/mol. The summed E-state index contributed by atoms with van der Waals surface area (Å²) in [6.45, 7) is 3.93. The summed E-state index contributed by atoms with van der Waals surface area (Å²) in [5, 5.41) is 2.80. The average Bonchev–Trinajstić information content (AvgIpc) is 3.26. The maximum absolute atomic E-state index is 13.4. The van der Waals surface area contributed by atoms with Gasteiger partial charge in [-0.15, -0.1) is 0 Å². The molecule has 0 unspecified atom stereocenters. The van der Waals surface area contributed by atoms with E-state index in [0.717, 1.165) is 21.0 Å². The van der Waals surface area contributed by atoms with Crippen molar-refractivity contribution in [1.82, 2.24) is 5.32 Å². The van der Waals surface area contributed by atoms with Crippen LogP contribution in [0.1, 0.15) is 16.7 Å². The van der Waals surface area contributed by atoms with Crippen molar-refractivity contribution in [3.05, 3.63) is 83.4 Å². The van der Waals surface area contributed by atoms with Gasteiger partial charge in [-0.3, -0.25) is 9.10 Å². The van der Waals surface area contributed by atoms with Gasteiger partial charge in [0.25, 0.3) is 10.0 Å². The molecule has 0 spiro atoms. The van der Waals surface area contributed by atoms with Gasteiger partial charge in [0.1, 0.15) is 6.54 Å². The molecule has 8 heteroatoms. The zero-order valence-corrected chi connectivity index (χ0v) is 18.7. The molecule has 1 aliphatic rings. The molecule has 0 atom stereocenters. The second kappa shape index (κ2) is 8.92. The second-order valence-corrected chi connectivity index (χ2v) is 9.42. The van der Waals surface area contributed by atoms with Crippen molar-refractivity contribution in [2.75, 3.05) is 17.6 Å². The molecule has 166 valence electrons. The maximum Gasteiger partial charge on any atom is 0.264 e. The summed E-state index contributed by atoms with van der Waals surface area (Å²) in [4.78, 5) is 12.9. The van der Waals surface area contributed by atoms with Crippen LogP contribution in [0.4, 0.5) is 5.69 Å². The van der Waals surface area contributed by atoms with E-state index in [2.05, 4.69) is 5.32 Å². The first-order chi connectivity index (χ1) is 15.3. The van der Waals surface area contributed by atoms with E-state index in [-0.39, 0.29) is 24.8 Å². The fourth-order valence-corrected chi connectivity index (χ4v) is 4.79. The highest BCUT2D eigenvalue weighted by Crippen LogP contribution is 2.32. The molecule has 0 bridgehead atoms. The Labute approximate surface area is 187 Å². The molecule has 7 nitrogen and oxygen atoms in total. The van der Waals surface area contributed by atoms with E-state index in [1.54, 1.807) is 42.5 Å². The van der Waals surface area contributed by atoms with E-state index >= 15 is 0 Å². The van der Waals surface area contributed by atoms with E-state index in [0.29, 0.717) is 17.2 Å². The summed E-state index contributed by atoms with van der Waals surface area (Å²) < 4.78 is 38.6. The van der Waals surface area contributed by atoms with Gasteiger partial charge in [-0.25, -0.2) is 8.42 Å². The lowest BCUT2D eigenvalue weighted by Crippen LogP contribution is -2.40. The minimum Gasteiger partial charge on any atom is -0.454 e. The number of amides is 1. The first-order valence-corrected chi connectivity index (χ1v) is 11.6. The summed E-state index contributed by atoms with van der Waals surface area (Å²) in [5.74, 6) is 0.871. The first-order valence-electron chi connectivity index (χ1n) is 10.1. The van der Waals surface area contributed by atoms with Crippen molar-refractivity contribution in [3.63, 3.8) is 0 Å². The molecule has 0 radical (unpaired) electrons. The van der Waals surface area contributed by atoms with E-state index in [9.17, 15) is 13.2 Å². The van der Waals surface area contributed by atoms with Crippen molar-refractivity contribution in [1.29, 1.82) is 0 Å². The Morgan fingerprint density at radius 3 is 2.44 bits per heavy atom. The number of hydrogen-bond acceptors (Lipinski definition) is 5. The van der Waals surface area contributed by atoms with Crippen LogP contribution < -0.4 is 19.1 Å². The number of aryl methyl sites for hydroxylation is 2. The molecular formula is C24H24N2O5S. The number of anilines is 1. The summed E-state index contributed by atoms with van der Waals surface area (Å²) in [6, 6.07) is 18.9. The van der Waals surface area contributed by atoms with Crippen LogP contribution in [0.5, 0.6) is 11.5 Å². The fraction of sp³-hybridized carbons (Fsp3) is 0.208. The lowest BCUT2D eigenvalue weighted by molar-refractivity contribution is -0.119. The third-order valence-corrected chi connectivity index (χ3v) is 7.11. The lowest BCUT2D eigenvalue weighted by atomic mass is 10.1. The molecule has 3 aromatic rings. The van der Waals surface area contributed by atoms with Crippen LogP contribution in [-0.2, 0) is 21.4 Å². The highest BCUT2D eigenvalue weighted by atomic mass is 32.2. The molecule has 0 fully saturated rings. The van der Waals surface area contributed by atoms with Crippen LogP contribution in [0.3, 0.4) is 0 Å². The normalized spacial score (nSPS) is 12.4. The Hall–Kier alpha value is -3.52.